The first-order valence-corrected chi connectivity index (χ1v) is 6.55. The van der Waals surface area contributed by atoms with Crippen LogP contribution in [0, 0.1) is 11.8 Å². The fraction of sp³-hybridized carbons (Fsp3) is 0.846. The normalized spacial score (nSPS) is 27.4. The number of likely N-dealkylation sites (tertiary alicyclic amines) is 2. The minimum atomic E-state index is 0.185. The molecule has 4 heteroatoms. The second-order valence-electron chi connectivity index (χ2n) is 5.46. The van der Waals surface area contributed by atoms with Crippen LogP contribution in [0.1, 0.15) is 26.2 Å². The van der Waals surface area contributed by atoms with Crippen LogP contribution in [0.15, 0.2) is 0 Å². The van der Waals surface area contributed by atoms with Crippen molar-refractivity contribution in [3.05, 3.63) is 0 Å². The molecule has 0 unspecified atom stereocenters. The van der Waals surface area contributed by atoms with Crippen molar-refractivity contribution in [2.75, 3.05) is 33.2 Å². The van der Waals surface area contributed by atoms with E-state index in [4.69, 9.17) is 0 Å². The van der Waals surface area contributed by atoms with E-state index in [1.54, 1.807) is 6.92 Å². The Morgan fingerprint density at radius 2 is 1.59 bits per heavy atom. The van der Waals surface area contributed by atoms with Gasteiger partial charge in [-0.25, -0.2) is 0 Å². The van der Waals surface area contributed by atoms with E-state index in [9.17, 15) is 9.59 Å². The molecule has 0 aromatic carbocycles. The van der Waals surface area contributed by atoms with Gasteiger partial charge >= 0.3 is 0 Å². The second-order valence-corrected chi connectivity index (χ2v) is 5.46. The standard InChI is InChI=1S/C13H22N2O2/c1-10(16)11-4-7-15(8-5-11)13(17)12-3-6-14(2)9-12/h11-12H,3-9H2,1-2H3/t12-/m0/s1. The predicted octanol–water partition coefficient (Wildman–Crippen LogP) is 0.766. The number of amides is 1. The molecule has 2 fully saturated rings. The van der Waals surface area contributed by atoms with Crippen molar-refractivity contribution in [1.29, 1.82) is 0 Å². The number of hydrogen-bond acceptors (Lipinski definition) is 3. The Morgan fingerprint density at radius 3 is 2.06 bits per heavy atom. The van der Waals surface area contributed by atoms with E-state index in [0.717, 1.165) is 45.4 Å². The van der Waals surface area contributed by atoms with Crippen molar-refractivity contribution in [3.63, 3.8) is 0 Å². The first-order valence-electron chi connectivity index (χ1n) is 6.55. The van der Waals surface area contributed by atoms with Crippen LogP contribution in [0.2, 0.25) is 0 Å². The molecule has 0 spiro atoms. The lowest BCUT2D eigenvalue weighted by Crippen LogP contribution is -2.43. The summed E-state index contributed by atoms with van der Waals surface area (Å²) in [6, 6.07) is 0. The molecule has 2 heterocycles. The van der Waals surface area contributed by atoms with Crippen LogP contribution in [-0.2, 0) is 9.59 Å². The van der Waals surface area contributed by atoms with Gasteiger partial charge in [-0.1, -0.05) is 0 Å². The van der Waals surface area contributed by atoms with E-state index >= 15 is 0 Å². The summed E-state index contributed by atoms with van der Waals surface area (Å²) in [6.45, 7) is 5.12. The number of ketones is 1. The minimum absolute atomic E-state index is 0.185. The Hall–Kier alpha value is -0.900. The lowest BCUT2D eigenvalue weighted by atomic mass is 9.92. The Balaban J connectivity index is 1.84. The molecule has 0 radical (unpaired) electrons. The van der Waals surface area contributed by atoms with Gasteiger partial charge in [-0.05, 0) is 39.8 Å². The Kier molecular flexibility index (Phi) is 3.82. The first-order chi connectivity index (χ1) is 8.08. The van der Waals surface area contributed by atoms with Crippen LogP contribution in [0.25, 0.3) is 0 Å². The number of piperidine rings is 1. The molecule has 2 rings (SSSR count). The molecule has 2 saturated heterocycles. The number of Topliss-reactive ketones (excluding diaryl/α,β-unsaturated/α-hetero) is 1. The van der Waals surface area contributed by atoms with Crippen LogP contribution < -0.4 is 0 Å². The third-order valence-electron chi connectivity index (χ3n) is 4.12. The van der Waals surface area contributed by atoms with Gasteiger partial charge in [-0.15, -0.1) is 0 Å². The predicted molar refractivity (Wildman–Crippen MR) is 65.6 cm³/mol. The highest BCUT2D eigenvalue weighted by molar-refractivity contribution is 5.81. The molecule has 1 atom stereocenters. The summed E-state index contributed by atoms with van der Waals surface area (Å²) in [7, 11) is 2.06. The molecule has 96 valence electrons. The van der Waals surface area contributed by atoms with Crippen LogP contribution in [-0.4, -0.2) is 54.7 Å². The quantitative estimate of drug-likeness (QED) is 0.713. The molecule has 2 aliphatic heterocycles. The minimum Gasteiger partial charge on any atom is -0.342 e. The highest BCUT2D eigenvalue weighted by Gasteiger charge is 2.32. The van der Waals surface area contributed by atoms with E-state index in [0.29, 0.717) is 5.91 Å². The molecule has 0 aliphatic carbocycles. The third kappa shape index (κ3) is 2.86. The summed E-state index contributed by atoms with van der Waals surface area (Å²) in [5.74, 6) is 0.952. The third-order valence-corrected chi connectivity index (χ3v) is 4.12. The number of carbonyl (C=O) groups excluding carboxylic acids is 2. The molecule has 17 heavy (non-hydrogen) atoms. The smallest absolute Gasteiger partial charge is 0.227 e. The first kappa shape index (κ1) is 12.6. The number of carbonyl (C=O) groups is 2. The second kappa shape index (κ2) is 5.17. The molecule has 0 N–H and O–H groups in total. The highest BCUT2D eigenvalue weighted by atomic mass is 16.2. The lowest BCUT2D eigenvalue weighted by molar-refractivity contribution is -0.138. The van der Waals surface area contributed by atoms with Crippen LogP contribution >= 0.6 is 0 Å². The van der Waals surface area contributed by atoms with Gasteiger partial charge in [-0.2, -0.15) is 0 Å². The van der Waals surface area contributed by atoms with E-state index in [1.165, 1.54) is 0 Å². The monoisotopic (exact) mass is 238 g/mol. The van der Waals surface area contributed by atoms with Crippen molar-refractivity contribution < 1.29 is 9.59 Å². The molecule has 1 amide bonds. The van der Waals surface area contributed by atoms with E-state index in [1.807, 2.05) is 4.90 Å². The molecule has 0 aromatic heterocycles. The molecular weight excluding hydrogens is 216 g/mol. The average Bonchev–Trinajstić information content (AvgIpc) is 2.75. The van der Waals surface area contributed by atoms with Gasteiger partial charge in [0, 0.05) is 25.6 Å². The average molecular weight is 238 g/mol. The molecule has 0 saturated carbocycles. The van der Waals surface area contributed by atoms with E-state index in [2.05, 4.69) is 11.9 Å². The Labute approximate surface area is 103 Å². The summed E-state index contributed by atoms with van der Waals surface area (Å²) in [4.78, 5) is 27.7. The fourth-order valence-corrected chi connectivity index (χ4v) is 2.90. The molecule has 0 bridgehead atoms. The SMILES string of the molecule is CC(=O)C1CCN(C(=O)[C@H]2CCN(C)C2)CC1. The van der Waals surface area contributed by atoms with Gasteiger partial charge in [0.1, 0.15) is 5.78 Å². The molecule has 4 nitrogen and oxygen atoms in total. The van der Waals surface area contributed by atoms with Crippen LogP contribution in [0.4, 0.5) is 0 Å². The Bertz CT molecular complexity index is 309. The molecule has 0 aromatic rings. The summed E-state index contributed by atoms with van der Waals surface area (Å²) in [5.41, 5.74) is 0. The number of rotatable bonds is 2. The van der Waals surface area contributed by atoms with Crippen LogP contribution in [0.3, 0.4) is 0 Å². The van der Waals surface area contributed by atoms with Crippen molar-refractivity contribution in [3.8, 4) is 0 Å². The molecular formula is C13H22N2O2. The zero-order valence-electron chi connectivity index (χ0n) is 10.8. The zero-order chi connectivity index (χ0) is 12.4. The van der Waals surface area contributed by atoms with Crippen molar-refractivity contribution in [2.45, 2.75) is 26.2 Å². The lowest BCUT2D eigenvalue weighted by Gasteiger charge is -2.32. The fourth-order valence-electron chi connectivity index (χ4n) is 2.90. The number of nitrogens with zero attached hydrogens (tertiary/aromatic N) is 2. The summed E-state index contributed by atoms with van der Waals surface area (Å²) in [5, 5.41) is 0. The van der Waals surface area contributed by atoms with Gasteiger partial charge in [0.2, 0.25) is 5.91 Å². The largest absolute Gasteiger partial charge is 0.342 e. The van der Waals surface area contributed by atoms with Crippen molar-refractivity contribution in [2.24, 2.45) is 11.8 Å². The maximum absolute atomic E-state index is 12.2. The topological polar surface area (TPSA) is 40.6 Å². The Morgan fingerprint density at radius 1 is 1.00 bits per heavy atom. The van der Waals surface area contributed by atoms with Crippen LogP contribution in [0.5, 0.6) is 0 Å². The van der Waals surface area contributed by atoms with E-state index < -0.39 is 0 Å². The summed E-state index contributed by atoms with van der Waals surface area (Å²) in [6.07, 6.45) is 2.69. The molecule has 2 aliphatic rings. The van der Waals surface area contributed by atoms with Crippen molar-refractivity contribution in [1.82, 2.24) is 9.80 Å². The summed E-state index contributed by atoms with van der Waals surface area (Å²) < 4.78 is 0. The van der Waals surface area contributed by atoms with Gasteiger partial charge in [0.05, 0.1) is 5.92 Å². The van der Waals surface area contributed by atoms with E-state index in [-0.39, 0.29) is 17.6 Å². The maximum atomic E-state index is 12.2. The highest BCUT2D eigenvalue weighted by Crippen LogP contribution is 2.22. The van der Waals surface area contributed by atoms with Gasteiger partial charge in [0.25, 0.3) is 0 Å². The van der Waals surface area contributed by atoms with Crippen molar-refractivity contribution >= 4 is 11.7 Å². The van der Waals surface area contributed by atoms with Gasteiger partial charge < -0.3 is 9.80 Å². The number of hydrogen-bond donors (Lipinski definition) is 0. The summed E-state index contributed by atoms with van der Waals surface area (Å²) >= 11 is 0. The van der Waals surface area contributed by atoms with Gasteiger partial charge in [0.15, 0.2) is 0 Å². The maximum Gasteiger partial charge on any atom is 0.227 e. The zero-order valence-corrected chi connectivity index (χ0v) is 10.8. The van der Waals surface area contributed by atoms with Gasteiger partial charge in [-0.3, -0.25) is 9.59 Å².